The summed E-state index contributed by atoms with van der Waals surface area (Å²) < 4.78 is 13.9. The molecule has 2 aromatic rings. The molecule has 1 N–H and O–H groups in total. The molecule has 0 bridgehead atoms. The van der Waals surface area contributed by atoms with E-state index in [1.807, 2.05) is 0 Å². The van der Waals surface area contributed by atoms with Crippen LogP contribution in [0.2, 0.25) is 4.34 Å². The van der Waals surface area contributed by atoms with E-state index in [1.54, 1.807) is 11.4 Å². The smallest absolute Gasteiger partial charge is 0.134 e. The van der Waals surface area contributed by atoms with Crippen LogP contribution < -0.4 is 0 Å². The van der Waals surface area contributed by atoms with E-state index in [0.717, 1.165) is 6.07 Å². The quantitative estimate of drug-likeness (QED) is 0.785. The highest BCUT2D eigenvalue weighted by atomic mass is 35.5. The van der Waals surface area contributed by atoms with Crippen molar-refractivity contribution in [1.82, 2.24) is 0 Å². The van der Waals surface area contributed by atoms with Gasteiger partial charge in [0.15, 0.2) is 0 Å². The van der Waals surface area contributed by atoms with Gasteiger partial charge in [0.1, 0.15) is 15.9 Å². The molecule has 0 spiro atoms. The lowest BCUT2D eigenvalue weighted by molar-refractivity contribution is 0.469. The summed E-state index contributed by atoms with van der Waals surface area (Å²) in [4.78, 5) is 0. The zero-order valence-electron chi connectivity index (χ0n) is 7.00. The second-order valence-corrected chi connectivity index (χ2v) is 4.29. The highest BCUT2D eigenvalue weighted by molar-refractivity contribution is 7.15. The Kier molecular flexibility index (Phi) is 2.44. The molecule has 1 heterocycles. The highest BCUT2D eigenvalue weighted by Crippen LogP contribution is 2.34. The molecule has 0 amide bonds. The molecule has 2 rings (SSSR count). The Hall–Kier alpha value is -1.06. The van der Waals surface area contributed by atoms with Gasteiger partial charge in [-0.1, -0.05) is 11.6 Å². The zero-order valence-corrected chi connectivity index (χ0v) is 8.57. The van der Waals surface area contributed by atoms with E-state index in [9.17, 15) is 4.39 Å². The molecule has 0 aliphatic carbocycles. The molecule has 0 atom stereocenters. The minimum Gasteiger partial charge on any atom is -0.508 e. The molecule has 14 heavy (non-hydrogen) atoms. The molecule has 1 aromatic carbocycles. The molecule has 0 saturated heterocycles. The van der Waals surface area contributed by atoms with Gasteiger partial charge in [-0.15, -0.1) is 11.3 Å². The van der Waals surface area contributed by atoms with Gasteiger partial charge in [0.25, 0.3) is 0 Å². The van der Waals surface area contributed by atoms with Crippen LogP contribution in [0.5, 0.6) is 5.75 Å². The van der Waals surface area contributed by atoms with Crippen molar-refractivity contribution in [2.75, 3.05) is 0 Å². The largest absolute Gasteiger partial charge is 0.508 e. The third kappa shape index (κ3) is 1.61. The normalized spacial score (nSPS) is 10.4. The summed E-state index contributed by atoms with van der Waals surface area (Å²) in [6.45, 7) is 0. The summed E-state index contributed by atoms with van der Waals surface area (Å²) in [6.07, 6.45) is 0. The van der Waals surface area contributed by atoms with E-state index in [4.69, 9.17) is 16.7 Å². The molecule has 0 aliphatic rings. The Morgan fingerprint density at radius 1 is 1.21 bits per heavy atom. The topological polar surface area (TPSA) is 20.2 Å². The third-order valence-corrected chi connectivity index (χ3v) is 3.03. The number of hydrogen-bond donors (Lipinski definition) is 1. The van der Waals surface area contributed by atoms with Crippen LogP contribution in [0.1, 0.15) is 0 Å². The summed E-state index contributed by atoms with van der Waals surface area (Å²) in [5.74, 6) is -0.553. The number of phenolic OH excluding ortho intramolecular Hbond substituents is 1. The van der Waals surface area contributed by atoms with Crippen LogP contribution in [0.4, 0.5) is 4.39 Å². The molecule has 0 aliphatic heterocycles. The van der Waals surface area contributed by atoms with E-state index >= 15 is 0 Å². The van der Waals surface area contributed by atoms with Crippen molar-refractivity contribution < 1.29 is 9.50 Å². The second-order valence-electron chi connectivity index (χ2n) is 2.77. The van der Waals surface area contributed by atoms with E-state index < -0.39 is 5.82 Å². The summed E-state index contributed by atoms with van der Waals surface area (Å²) in [5.41, 5.74) is 1.07. The lowest BCUT2D eigenvalue weighted by Crippen LogP contribution is -1.81. The summed E-state index contributed by atoms with van der Waals surface area (Å²) >= 11 is 7.22. The van der Waals surface area contributed by atoms with Gasteiger partial charge in [0, 0.05) is 17.2 Å². The lowest BCUT2D eigenvalue weighted by Gasteiger charge is -2.01. The minimum atomic E-state index is -0.467. The number of aromatic hydroxyl groups is 1. The molecular weight excluding hydrogens is 223 g/mol. The average Bonchev–Trinajstić information content (AvgIpc) is 2.52. The molecule has 72 valence electrons. The summed E-state index contributed by atoms with van der Waals surface area (Å²) in [7, 11) is 0. The molecular formula is C10H6ClFOS. The molecule has 0 radical (unpaired) electrons. The average molecular weight is 229 g/mol. The molecule has 0 saturated carbocycles. The van der Waals surface area contributed by atoms with Crippen molar-refractivity contribution in [2.24, 2.45) is 0 Å². The first-order chi connectivity index (χ1) is 6.68. The molecule has 0 unspecified atom stereocenters. The van der Waals surface area contributed by atoms with Gasteiger partial charge in [-0.05, 0) is 23.6 Å². The molecule has 4 heteroatoms. The van der Waals surface area contributed by atoms with E-state index in [2.05, 4.69) is 0 Å². The van der Waals surface area contributed by atoms with E-state index in [1.165, 1.54) is 23.5 Å². The number of halogens is 2. The van der Waals surface area contributed by atoms with Crippen LogP contribution >= 0.6 is 22.9 Å². The van der Waals surface area contributed by atoms with E-state index in [-0.39, 0.29) is 5.75 Å². The SMILES string of the molecule is Oc1ccc(-c2ccsc2Cl)c(F)c1. The second kappa shape index (κ2) is 3.59. The Balaban J connectivity index is 2.58. The maximum Gasteiger partial charge on any atom is 0.134 e. The molecule has 0 fully saturated rings. The Morgan fingerprint density at radius 2 is 2.00 bits per heavy atom. The Morgan fingerprint density at radius 3 is 2.57 bits per heavy atom. The van der Waals surface area contributed by atoms with Crippen LogP contribution in [0.15, 0.2) is 29.6 Å². The number of rotatable bonds is 1. The fraction of sp³-hybridized carbons (Fsp3) is 0. The number of hydrogen-bond acceptors (Lipinski definition) is 2. The van der Waals surface area contributed by atoms with Gasteiger partial charge >= 0.3 is 0 Å². The summed E-state index contributed by atoms with van der Waals surface area (Å²) in [5, 5.41) is 10.8. The predicted molar refractivity (Wildman–Crippen MR) is 56.4 cm³/mol. The predicted octanol–water partition coefficient (Wildman–Crippen LogP) is 3.91. The van der Waals surface area contributed by atoms with Crippen LogP contribution in [0, 0.1) is 5.82 Å². The fourth-order valence-corrected chi connectivity index (χ4v) is 2.16. The maximum absolute atomic E-state index is 13.4. The standard InChI is InChI=1S/C10H6ClFOS/c11-10-8(3-4-14-10)7-2-1-6(13)5-9(7)12/h1-5,13H. The van der Waals surface area contributed by atoms with Crippen LogP contribution in [0.25, 0.3) is 11.1 Å². The van der Waals surface area contributed by atoms with Crippen molar-refractivity contribution in [2.45, 2.75) is 0 Å². The first-order valence-corrected chi connectivity index (χ1v) is 5.16. The van der Waals surface area contributed by atoms with Crippen molar-refractivity contribution in [1.29, 1.82) is 0 Å². The minimum absolute atomic E-state index is 0.0856. The van der Waals surface area contributed by atoms with Crippen molar-refractivity contribution in [3.63, 3.8) is 0 Å². The van der Waals surface area contributed by atoms with Gasteiger partial charge in [-0.3, -0.25) is 0 Å². The Labute approximate surface area is 89.4 Å². The van der Waals surface area contributed by atoms with Gasteiger partial charge in [0.2, 0.25) is 0 Å². The highest BCUT2D eigenvalue weighted by Gasteiger charge is 2.09. The monoisotopic (exact) mass is 228 g/mol. The van der Waals surface area contributed by atoms with Crippen LogP contribution in [0.3, 0.4) is 0 Å². The van der Waals surface area contributed by atoms with Crippen molar-refractivity contribution in [3.8, 4) is 16.9 Å². The van der Waals surface area contributed by atoms with Crippen molar-refractivity contribution in [3.05, 3.63) is 39.8 Å². The lowest BCUT2D eigenvalue weighted by atomic mass is 10.1. The Bertz CT molecular complexity index is 467. The van der Waals surface area contributed by atoms with Crippen molar-refractivity contribution >= 4 is 22.9 Å². The molecule has 1 aromatic heterocycles. The molecule has 1 nitrogen and oxygen atoms in total. The zero-order chi connectivity index (χ0) is 10.1. The summed E-state index contributed by atoms with van der Waals surface area (Å²) in [6, 6.07) is 5.77. The fourth-order valence-electron chi connectivity index (χ4n) is 1.21. The van der Waals surface area contributed by atoms with E-state index in [0.29, 0.717) is 15.5 Å². The number of benzene rings is 1. The van der Waals surface area contributed by atoms with Gasteiger partial charge in [0.05, 0.1) is 0 Å². The van der Waals surface area contributed by atoms with Gasteiger partial charge < -0.3 is 5.11 Å². The van der Waals surface area contributed by atoms with Gasteiger partial charge in [-0.25, -0.2) is 4.39 Å². The van der Waals surface area contributed by atoms with Crippen LogP contribution in [-0.4, -0.2) is 5.11 Å². The number of phenols is 1. The first-order valence-electron chi connectivity index (χ1n) is 3.90. The third-order valence-electron chi connectivity index (χ3n) is 1.86. The first kappa shape index (κ1) is 9.49. The van der Waals surface area contributed by atoms with Crippen LogP contribution in [-0.2, 0) is 0 Å². The number of thiophene rings is 1. The van der Waals surface area contributed by atoms with Gasteiger partial charge in [-0.2, -0.15) is 0 Å². The maximum atomic E-state index is 13.4.